The Morgan fingerprint density at radius 3 is 2.47 bits per heavy atom. The number of aryl methyl sites for hydroxylation is 1. The normalized spacial score (nSPS) is 10.5. The zero-order valence-electron chi connectivity index (χ0n) is 10.0. The Balaban J connectivity index is 2.74. The largest absolute Gasteiger partial charge is 0.493 e. The molecule has 0 aliphatic rings. The molecule has 0 aliphatic carbocycles. The fraction of sp³-hybridized carbons (Fsp3) is 0.333. The van der Waals surface area contributed by atoms with Gasteiger partial charge in [0.25, 0.3) is 5.56 Å². The number of hydrogen-bond acceptors (Lipinski definition) is 4. The molecule has 5 heteroatoms. The maximum Gasteiger partial charge on any atom is 0.270 e. The Hall–Kier alpha value is -2.04. The number of ether oxygens (including phenoxy) is 2. The van der Waals surface area contributed by atoms with Gasteiger partial charge >= 0.3 is 0 Å². The second-order valence-electron chi connectivity index (χ2n) is 3.59. The number of H-pyrrole nitrogens is 1. The first-order valence-electron chi connectivity index (χ1n) is 5.34. The molecule has 1 heterocycles. The lowest BCUT2D eigenvalue weighted by molar-refractivity contribution is 0.355. The fourth-order valence-electron chi connectivity index (χ4n) is 1.69. The molecule has 0 spiro atoms. The molecule has 0 amide bonds. The molecule has 0 radical (unpaired) electrons. The molecular weight excluding hydrogens is 220 g/mol. The number of nitrogens with one attached hydrogen (secondary N) is 1. The van der Waals surface area contributed by atoms with Gasteiger partial charge in [0, 0.05) is 12.1 Å². The lowest BCUT2D eigenvalue weighted by atomic mass is 10.2. The fourth-order valence-corrected chi connectivity index (χ4v) is 1.69. The minimum absolute atomic E-state index is 0.160. The number of nitrogens with zero attached hydrogens (tertiary/aromatic N) is 1. The van der Waals surface area contributed by atoms with E-state index in [2.05, 4.69) is 9.97 Å². The Morgan fingerprint density at radius 2 is 1.88 bits per heavy atom. The number of methoxy groups -OCH3 is 2. The monoisotopic (exact) mass is 234 g/mol. The highest BCUT2D eigenvalue weighted by atomic mass is 16.5. The summed E-state index contributed by atoms with van der Waals surface area (Å²) < 4.78 is 10.4. The van der Waals surface area contributed by atoms with Crippen molar-refractivity contribution < 1.29 is 9.47 Å². The van der Waals surface area contributed by atoms with Crippen LogP contribution in [0.1, 0.15) is 12.6 Å². The minimum atomic E-state index is -0.160. The summed E-state index contributed by atoms with van der Waals surface area (Å²) in [6, 6.07) is 3.46. The zero-order chi connectivity index (χ0) is 12.4. The average Bonchev–Trinajstić information content (AvgIpc) is 2.36. The second-order valence-corrected chi connectivity index (χ2v) is 3.59. The Bertz CT molecular complexity index is 604. The summed E-state index contributed by atoms with van der Waals surface area (Å²) in [5.41, 5.74) is 1.70. The van der Waals surface area contributed by atoms with Crippen molar-refractivity contribution in [2.24, 2.45) is 0 Å². The van der Waals surface area contributed by atoms with Gasteiger partial charge in [0.1, 0.15) is 5.69 Å². The van der Waals surface area contributed by atoms with Crippen LogP contribution in [-0.4, -0.2) is 24.2 Å². The van der Waals surface area contributed by atoms with Gasteiger partial charge in [0.15, 0.2) is 11.5 Å². The second kappa shape index (κ2) is 4.45. The molecule has 0 saturated heterocycles. The SMILES string of the molecule is CCc1nc2cc(OC)c(OC)cc2[nH]c1=O. The van der Waals surface area contributed by atoms with E-state index in [1.54, 1.807) is 26.4 Å². The van der Waals surface area contributed by atoms with Gasteiger partial charge in [-0.05, 0) is 6.42 Å². The van der Waals surface area contributed by atoms with Gasteiger partial charge in [0.2, 0.25) is 0 Å². The summed E-state index contributed by atoms with van der Waals surface area (Å²) in [6.07, 6.45) is 0.597. The van der Waals surface area contributed by atoms with Crippen LogP contribution in [0, 0.1) is 0 Å². The summed E-state index contributed by atoms with van der Waals surface area (Å²) in [5, 5.41) is 0. The summed E-state index contributed by atoms with van der Waals surface area (Å²) in [4.78, 5) is 18.7. The van der Waals surface area contributed by atoms with Gasteiger partial charge in [0.05, 0.1) is 25.3 Å². The van der Waals surface area contributed by atoms with Gasteiger partial charge in [-0.2, -0.15) is 0 Å². The van der Waals surface area contributed by atoms with Crippen LogP contribution in [0.4, 0.5) is 0 Å². The van der Waals surface area contributed by atoms with Gasteiger partial charge < -0.3 is 14.5 Å². The van der Waals surface area contributed by atoms with Gasteiger partial charge in [-0.15, -0.1) is 0 Å². The molecule has 0 fully saturated rings. The molecule has 2 rings (SSSR count). The van der Waals surface area contributed by atoms with E-state index in [-0.39, 0.29) is 5.56 Å². The zero-order valence-corrected chi connectivity index (χ0v) is 10.0. The van der Waals surface area contributed by atoms with E-state index in [0.29, 0.717) is 34.6 Å². The predicted octanol–water partition coefficient (Wildman–Crippen LogP) is 1.50. The van der Waals surface area contributed by atoms with Gasteiger partial charge in [-0.25, -0.2) is 4.98 Å². The van der Waals surface area contributed by atoms with Crippen molar-refractivity contribution in [1.29, 1.82) is 0 Å². The maximum absolute atomic E-state index is 11.6. The summed E-state index contributed by atoms with van der Waals surface area (Å²) >= 11 is 0. The van der Waals surface area contributed by atoms with E-state index in [1.807, 2.05) is 6.92 Å². The van der Waals surface area contributed by atoms with E-state index in [4.69, 9.17) is 9.47 Å². The number of fused-ring (bicyclic) bond motifs is 1. The van der Waals surface area contributed by atoms with Crippen molar-refractivity contribution in [2.75, 3.05) is 14.2 Å². The number of aromatic amines is 1. The molecule has 1 N–H and O–H groups in total. The average molecular weight is 234 g/mol. The van der Waals surface area contributed by atoms with E-state index in [9.17, 15) is 4.79 Å². The molecule has 0 bridgehead atoms. The van der Waals surface area contributed by atoms with Crippen LogP contribution in [0.3, 0.4) is 0 Å². The highest BCUT2D eigenvalue weighted by molar-refractivity contribution is 5.78. The maximum atomic E-state index is 11.6. The molecule has 0 saturated carbocycles. The topological polar surface area (TPSA) is 64.2 Å². The summed E-state index contributed by atoms with van der Waals surface area (Å²) in [6.45, 7) is 1.89. The third-order valence-electron chi connectivity index (χ3n) is 2.60. The lowest BCUT2D eigenvalue weighted by Crippen LogP contribution is -2.14. The van der Waals surface area contributed by atoms with Crippen molar-refractivity contribution >= 4 is 11.0 Å². The molecule has 0 aliphatic heterocycles. The summed E-state index contributed by atoms with van der Waals surface area (Å²) in [5.74, 6) is 1.17. The van der Waals surface area contributed by atoms with E-state index < -0.39 is 0 Å². The Labute approximate surface area is 98.4 Å². The molecule has 90 valence electrons. The smallest absolute Gasteiger partial charge is 0.270 e. The number of hydrogen-bond donors (Lipinski definition) is 1. The number of rotatable bonds is 3. The first kappa shape index (κ1) is 11.4. The molecule has 0 atom stereocenters. The first-order valence-corrected chi connectivity index (χ1v) is 5.34. The molecular formula is C12H14N2O3. The standard InChI is InChI=1S/C12H14N2O3/c1-4-7-12(15)14-9-6-11(17-3)10(16-2)5-8(9)13-7/h5-6H,4H2,1-3H3,(H,14,15). The van der Waals surface area contributed by atoms with Crippen molar-refractivity contribution in [3.8, 4) is 11.5 Å². The predicted molar refractivity (Wildman–Crippen MR) is 64.8 cm³/mol. The minimum Gasteiger partial charge on any atom is -0.493 e. The van der Waals surface area contributed by atoms with Crippen LogP contribution in [0.5, 0.6) is 11.5 Å². The first-order chi connectivity index (χ1) is 8.19. The quantitative estimate of drug-likeness (QED) is 0.874. The van der Waals surface area contributed by atoms with Gasteiger partial charge in [-0.3, -0.25) is 4.79 Å². The van der Waals surface area contributed by atoms with Crippen molar-refractivity contribution in [2.45, 2.75) is 13.3 Å². The molecule has 0 unspecified atom stereocenters. The van der Waals surface area contributed by atoms with E-state index in [0.717, 1.165) is 0 Å². The van der Waals surface area contributed by atoms with E-state index in [1.165, 1.54) is 0 Å². The van der Waals surface area contributed by atoms with Crippen molar-refractivity contribution in [3.05, 3.63) is 28.2 Å². The highest BCUT2D eigenvalue weighted by Gasteiger charge is 2.09. The van der Waals surface area contributed by atoms with Crippen molar-refractivity contribution in [3.63, 3.8) is 0 Å². The number of aromatic nitrogens is 2. The molecule has 1 aromatic carbocycles. The van der Waals surface area contributed by atoms with Crippen LogP contribution in [-0.2, 0) is 6.42 Å². The highest BCUT2D eigenvalue weighted by Crippen LogP contribution is 2.29. The van der Waals surface area contributed by atoms with Crippen LogP contribution < -0.4 is 15.0 Å². The summed E-state index contributed by atoms with van der Waals surface area (Å²) in [7, 11) is 3.12. The third kappa shape index (κ3) is 1.95. The molecule has 5 nitrogen and oxygen atoms in total. The molecule has 17 heavy (non-hydrogen) atoms. The number of benzene rings is 1. The Morgan fingerprint density at radius 1 is 1.24 bits per heavy atom. The molecule has 2 aromatic rings. The van der Waals surface area contributed by atoms with Crippen LogP contribution in [0.25, 0.3) is 11.0 Å². The molecule has 1 aromatic heterocycles. The lowest BCUT2D eigenvalue weighted by Gasteiger charge is -2.08. The van der Waals surface area contributed by atoms with Crippen LogP contribution >= 0.6 is 0 Å². The van der Waals surface area contributed by atoms with Crippen molar-refractivity contribution in [1.82, 2.24) is 9.97 Å². The van der Waals surface area contributed by atoms with Crippen LogP contribution in [0.15, 0.2) is 16.9 Å². The third-order valence-corrected chi connectivity index (χ3v) is 2.60. The van der Waals surface area contributed by atoms with Gasteiger partial charge in [-0.1, -0.05) is 6.92 Å². The van der Waals surface area contributed by atoms with Crippen LogP contribution in [0.2, 0.25) is 0 Å². The van der Waals surface area contributed by atoms with E-state index >= 15 is 0 Å². The Kier molecular flexibility index (Phi) is 2.99.